The van der Waals surface area contributed by atoms with Crippen LogP contribution < -0.4 is 0 Å². The number of hydrogen-bond acceptors (Lipinski definition) is 1. The van der Waals surface area contributed by atoms with E-state index in [1.807, 2.05) is 18.3 Å². The van der Waals surface area contributed by atoms with Gasteiger partial charge in [0.1, 0.15) is 0 Å². The molecular weight excluding hydrogens is 565 g/mol. The summed E-state index contributed by atoms with van der Waals surface area (Å²) < 4.78 is 0. The van der Waals surface area contributed by atoms with Gasteiger partial charge in [0.15, 0.2) is 0 Å². The molecule has 0 bridgehead atoms. The van der Waals surface area contributed by atoms with Crippen molar-refractivity contribution < 1.29 is 23.3 Å². The maximum absolute atomic E-state index is 4.57. The molecule has 0 unspecified atom stereocenters. The van der Waals surface area contributed by atoms with E-state index >= 15 is 0 Å². The van der Waals surface area contributed by atoms with Crippen molar-refractivity contribution in [2.24, 2.45) is 0 Å². The quantitative estimate of drug-likeness (QED) is 0.137. The van der Waals surface area contributed by atoms with Crippen molar-refractivity contribution in [1.29, 1.82) is 0 Å². The summed E-state index contributed by atoms with van der Waals surface area (Å²) in [7, 11) is 0. The SMILES string of the molecule is Cc1cc2c(-c3cnc4ccccc4c3)cccc2[cH-]1.Cl.Cl.[CH3-].[CH3-].[Si]=[Zr].c1ccc2[cH-]ccc2c1. The fourth-order valence-corrected chi connectivity index (χ4v) is 3.92. The Balaban J connectivity index is 0.000000662. The number of hydrogen-bond donors (Lipinski definition) is 0. The molecule has 0 N–H and O–H groups in total. The number of para-hydroxylation sites is 1. The van der Waals surface area contributed by atoms with Gasteiger partial charge in [0.05, 0.1) is 5.52 Å². The molecular formula is C30H29Cl2NSiZr-4. The van der Waals surface area contributed by atoms with Gasteiger partial charge in [0.2, 0.25) is 0 Å². The largest absolute Gasteiger partial charge is 0.168 e. The van der Waals surface area contributed by atoms with Gasteiger partial charge in [-0.3, -0.25) is 4.98 Å². The number of halogens is 2. The number of nitrogens with zero attached hydrogens (tertiary/aromatic N) is 1. The molecule has 1 aromatic heterocycles. The molecule has 180 valence electrons. The minimum absolute atomic E-state index is 0. The van der Waals surface area contributed by atoms with Crippen LogP contribution in [0.1, 0.15) is 5.56 Å². The summed E-state index contributed by atoms with van der Waals surface area (Å²) in [5.41, 5.74) is 4.79. The fourth-order valence-electron chi connectivity index (χ4n) is 3.92. The molecule has 5 heteroatoms. The van der Waals surface area contributed by atoms with Crippen molar-refractivity contribution in [2.75, 3.05) is 0 Å². The van der Waals surface area contributed by atoms with E-state index in [1.165, 1.54) is 67.0 Å². The number of benzene rings is 3. The average Bonchev–Trinajstić information content (AvgIpc) is 3.46. The van der Waals surface area contributed by atoms with Crippen molar-refractivity contribution in [1.82, 2.24) is 4.98 Å². The van der Waals surface area contributed by atoms with Crippen LogP contribution in [0.4, 0.5) is 0 Å². The van der Waals surface area contributed by atoms with Crippen LogP contribution in [-0.2, 0) is 23.3 Å². The number of aromatic nitrogens is 1. The van der Waals surface area contributed by atoms with Gasteiger partial charge in [-0.15, -0.1) is 89.0 Å². The molecule has 1 nitrogen and oxygen atoms in total. The molecule has 0 aliphatic rings. The summed E-state index contributed by atoms with van der Waals surface area (Å²) in [5.74, 6) is 0. The van der Waals surface area contributed by atoms with Crippen LogP contribution in [0.25, 0.3) is 43.6 Å². The molecule has 6 rings (SSSR count). The third kappa shape index (κ3) is 7.72. The van der Waals surface area contributed by atoms with E-state index in [0.29, 0.717) is 0 Å². The Labute approximate surface area is 238 Å². The van der Waals surface area contributed by atoms with E-state index in [2.05, 4.69) is 110 Å². The van der Waals surface area contributed by atoms with Crippen molar-refractivity contribution in [3.63, 3.8) is 0 Å². The van der Waals surface area contributed by atoms with Crippen molar-refractivity contribution in [3.8, 4) is 11.1 Å². The summed E-state index contributed by atoms with van der Waals surface area (Å²) >= 11 is 1.36. The third-order valence-corrected chi connectivity index (χ3v) is 5.34. The van der Waals surface area contributed by atoms with E-state index < -0.39 is 0 Å². The third-order valence-electron chi connectivity index (χ3n) is 5.34. The van der Waals surface area contributed by atoms with Crippen molar-refractivity contribution in [3.05, 3.63) is 130 Å². The molecule has 0 spiro atoms. The first-order valence-electron chi connectivity index (χ1n) is 10.1. The Morgan fingerprint density at radius 1 is 0.743 bits per heavy atom. The zero-order valence-corrected chi connectivity index (χ0v) is 25.2. The Bertz CT molecular complexity index is 1420. The molecule has 5 aromatic carbocycles. The zero-order valence-electron chi connectivity index (χ0n) is 20.2. The molecule has 0 amide bonds. The van der Waals surface area contributed by atoms with Gasteiger partial charge in [-0.2, -0.15) is 23.6 Å². The van der Waals surface area contributed by atoms with Crippen LogP contribution in [0.3, 0.4) is 0 Å². The molecule has 0 aliphatic heterocycles. The summed E-state index contributed by atoms with van der Waals surface area (Å²) in [6.07, 6.45) is 1.97. The fraction of sp³-hybridized carbons (Fsp3) is 0.0333. The molecule has 2 radical (unpaired) electrons. The molecule has 0 saturated carbocycles. The van der Waals surface area contributed by atoms with Crippen LogP contribution in [0, 0.1) is 21.8 Å². The van der Waals surface area contributed by atoms with Crippen LogP contribution in [0.2, 0.25) is 0 Å². The summed E-state index contributed by atoms with van der Waals surface area (Å²) in [6.45, 7) is 5.20. The van der Waals surface area contributed by atoms with Crippen LogP contribution in [0.5, 0.6) is 0 Å². The Hall–Kier alpha value is -2.03. The van der Waals surface area contributed by atoms with Gasteiger partial charge in [-0.05, 0) is 17.7 Å². The van der Waals surface area contributed by atoms with E-state index in [9.17, 15) is 0 Å². The van der Waals surface area contributed by atoms with Crippen LogP contribution in [-0.4, -0.2) is 11.9 Å². The minimum Gasteiger partial charge on any atom is -0.168 e. The van der Waals surface area contributed by atoms with Gasteiger partial charge in [-0.1, -0.05) is 42.8 Å². The minimum atomic E-state index is 0. The molecule has 0 aliphatic carbocycles. The maximum Gasteiger partial charge on any atom is -0.0809 e. The zero-order chi connectivity index (χ0) is 21.6. The van der Waals surface area contributed by atoms with Crippen LogP contribution >= 0.6 is 24.8 Å². The van der Waals surface area contributed by atoms with Gasteiger partial charge in [0, 0.05) is 11.6 Å². The normalized spacial score (nSPS) is 9.14. The Morgan fingerprint density at radius 2 is 1.40 bits per heavy atom. The molecule has 0 fully saturated rings. The second-order valence-corrected chi connectivity index (χ2v) is 7.41. The number of rotatable bonds is 1. The van der Waals surface area contributed by atoms with Crippen molar-refractivity contribution >= 4 is 64.1 Å². The molecule has 0 saturated heterocycles. The monoisotopic (exact) mass is 591 g/mol. The maximum atomic E-state index is 4.57. The van der Waals surface area contributed by atoms with E-state index in [4.69, 9.17) is 0 Å². The van der Waals surface area contributed by atoms with Gasteiger partial charge >= 0.3 is 30.2 Å². The smallest absolute Gasteiger partial charge is 0.0809 e. The Kier molecular flexibility index (Phi) is 14.9. The number of pyridine rings is 1. The number of aryl methyl sites for hydroxylation is 1. The number of fused-ring (bicyclic) bond motifs is 3. The molecule has 1 heterocycles. The standard InChI is InChI=1S/C19H14N.C9H7.2CH3.2ClH.Si.Zr/c1-13-9-14-6-4-7-17(18(14)10-13)16-11-15-5-2-3-8-19(15)20-12-16;1-2-5-9-7-3-6-8(9)4-1;;;;;;/h2-12H,1H3;1-7H;2*1H3;2*1H;;/q4*-1;;;;. The molecule has 35 heavy (non-hydrogen) atoms. The Morgan fingerprint density at radius 3 is 2.14 bits per heavy atom. The first kappa shape index (κ1) is 33.0. The second-order valence-electron chi connectivity index (χ2n) is 7.41. The topological polar surface area (TPSA) is 12.9 Å². The molecule has 0 atom stereocenters. The van der Waals surface area contributed by atoms with Crippen molar-refractivity contribution in [2.45, 2.75) is 6.92 Å². The van der Waals surface area contributed by atoms with E-state index in [-0.39, 0.29) is 39.7 Å². The second kappa shape index (κ2) is 15.9. The van der Waals surface area contributed by atoms with Gasteiger partial charge < -0.3 is 14.9 Å². The first-order valence-corrected chi connectivity index (χ1v) is 14.3. The summed E-state index contributed by atoms with van der Waals surface area (Å²) in [5, 5.41) is 6.45. The van der Waals surface area contributed by atoms with Gasteiger partial charge in [0.25, 0.3) is 0 Å². The van der Waals surface area contributed by atoms with E-state index in [0.717, 1.165) is 5.52 Å². The molecule has 6 aromatic rings. The summed E-state index contributed by atoms with van der Waals surface area (Å²) in [4.78, 5) is 4.57. The predicted octanol–water partition coefficient (Wildman–Crippen LogP) is 9.00. The predicted molar refractivity (Wildman–Crippen MR) is 158 cm³/mol. The first-order chi connectivity index (χ1) is 15.3. The average molecular weight is 594 g/mol. The summed E-state index contributed by atoms with van der Waals surface area (Å²) in [6, 6.07) is 36.1. The van der Waals surface area contributed by atoms with Gasteiger partial charge in [-0.25, -0.2) is 0 Å². The van der Waals surface area contributed by atoms with Crippen LogP contribution in [0.15, 0.2) is 109 Å². The van der Waals surface area contributed by atoms with E-state index in [1.54, 1.807) is 0 Å².